The van der Waals surface area contributed by atoms with Gasteiger partial charge in [-0.1, -0.05) is 11.8 Å². The first kappa shape index (κ1) is 14.9. The van der Waals surface area contributed by atoms with Crippen LogP contribution >= 0.6 is 11.3 Å². The molecule has 114 valence electrons. The van der Waals surface area contributed by atoms with Crippen LogP contribution in [0.25, 0.3) is 10.2 Å². The van der Waals surface area contributed by atoms with Gasteiger partial charge in [-0.2, -0.15) is 0 Å². The summed E-state index contributed by atoms with van der Waals surface area (Å²) in [5.74, 6) is 6.84. The normalized spacial score (nSPS) is 10.1. The maximum absolute atomic E-state index is 10.6. The van der Waals surface area contributed by atoms with Gasteiger partial charge in [0.05, 0.1) is 10.3 Å². The Kier molecular flexibility index (Phi) is 4.45. The summed E-state index contributed by atoms with van der Waals surface area (Å²) in [7, 11) is 0. The van der Waals surface area contributed by atoms with Crippen molar-refractivity contribution >= 4 is 33.1 Å². The van der Waals surface area contributed by atoms with E-state index < -0.39 is 4.92 Å². The summed E-state index contributed by atoms with van der Waals surface area (Å²) >= 11 is 1.58. The lowest BCUT2D eigenvalue weighted by Gasteiger charge is -2.03. The molecule has 3 rings (SSSR count). The lowest BCUT2D eigenvalue weighted by Crippen LogP contribution is -2.02. The molecule has 0 saturated heterocycles. The quantitative estimate of drug-likeness (QED) is 0.344. The first-order valence-electron chi connectivity index (χ1n) is 6.89. The van der Waals surface area contributed by atoms with Crippen molar-refractivity contribution < 1.29 is 4.92 Å². The van der Waals surface area contributed by atoms with E-state index in [0.717, 1.165) is 21.6 Å². The van der Waals surface area contributed by atoms with Crippen LogP contribution < -0.4 is 5.32 Å². The Labute approximate surface area is 136 Å². The van der Waals surface area contributed by atoms with Crippen LogP contribution in [0.4, 0.5) is 11.5 Å². The van der Waals surface area contributed by atoms with E-state index in [0.29, 0.717) is 13.0 Å². The Bertz CT molecular complexity index is 894. The highest BCUT2D eigenvalue weighted by Gasteiger charge is 2.03. The molecule has 1 N–H and O–H groups in total. The molecule has 6 nitrogen and oxygen atoms in total. The Hall–Kier alpha value is -2.98. The summed E-state index contributed by atoms with van der Waals surface area (Å²) in [6.07, 6.45) is 2.19. The van der Waals surface area contributed by atoms with Crippen LogP contribution in [0.3, 0.4) is 0 Å². The second-order valence-corrected chi connectivity index (χ2v) is 5.54. The third-order valence-electron chi connectivity index (χ3n) is 3.12. The minimum atomic E-state index is -0.423. The third kappa shape index (κ3) is 3.62. The smallest absolute Gasteiger partial charge is 0.269 e. The predicted octanol–water partition coefficient (Wildman–Crippen LogP) is 3.45. The number of benzene rings is 1. The van der Waals surface area contributed by atoms with Crippen molar-refractivity contribution in [1.82, 2.24) is 9.97 Å². The summed E-state index contributed by atoms with van der Waals surface area (Å²) in [5.41, 5.74) is 0.832. The lowest BCUT2D eigenvalue weighted by atomic mass is 10.2. The molecule has 0 saturated carbocycles. The minimum Gasteiger partial charge on any atom is -0.368 e. The van der Waals surface area contributed by atoms with Gasteiger partial charge in [0.15, 0.2) is 0 Å². The summed E-state index contributed by atoms with van der Waals surface area (Å²) < 4.78 is 0. The van der Waals surface area contributed by atoms with Gasteiger partial charge in [0.1, 0.15) is 17.0 Å². The summed E-state index contributed by atoms with van der Waals surface area (Å²) in [6, 6.07) is 8.20. The molecule has 0 aliphatic heterocycles. The van der Waals surface area contributed by atoms with E-state index in [1.807, 2.05) is 11.4 Å². The van der Waals surface area contributed by atoms with Crippen LogP contribution in [0.2, 0.25) is 0 Å². The fourth-order valence-electron chi connectivity index (χ4n) is 2.01. The van der Waals surface area contributed by atoms with E-state index in [4.69, 9.17) is 0 Å². The average molecular weight is 324 g/mol. The summed E-state index contributed by atoms with van der Waals surface area (Å²) in [4.78, 5) is 19.5. The first-order valence-corrected chi connectivity index (χ1v) is 7.77. The molecule has 0 bridgehead atoms. The van der Waals surface area contributed by atoms with Crippen molar-refractivity contribution in [2.24, 2.45) is 0 Å². The van der Waals surface area contributed by atoms with Gasteiger partial charge >= 0.3 is 0 Å². The summed E-state index contributed by atoms with van der Waals surface area (Å²) in [5, 5.41) is 16.8. The van der Waals surface area contributed by atoms with Gasteiger partial charge in [0.25, 0.3) is 5.69 Å². The molecule has 1 aromatic carbocycles. The highest BCUT2D eigenvalue weighted by Crippen LogP contribution is 2.23. The number of non-ortho nitro benzene ring substituents is 1. The van der Waals surface area contributed by atoms with Crippen molar-refractivity contribution in [3.05, 3.63) is 57.7 Å². The van der Waals surface area contributed by atoms with Gasteiger partial charge in [0.2, 0.25) is 0 Å². The van der Waals surface area contributed by atoms with Crippen molar-refractivity contribution in [3.8, 4) is 11.8 Å². The zero-order valence-electron chi connectivity index (χ0n) is 12.0. The second kappa shape index (κ2) is 6.85. The number of anilines is 1. The van der Waals surface area contributed by atoms with E-state index in [2.05, 4.69) is 27.1 Å². The molecule has 0 spiro atoms. The maximum Gasteiger partial charge on any atom is 0.269 e. The largest absolute Gasteiger partial charge is 0.368 e. The van der Waals surface area contributed by atoms with Crippen LogP contribution in [0, 0.1) is 22.0 Å². The molecule has 0 atom stereocenters. The standard InChI is InChI=1S/C16H12N4O2S/c21-20(22)13-6-4-12(5-7-13)3-1-2-9-17-15-14-8-10-23-16(14)19-11-18-15/h4-8,10-11H,2,9H2,(H,17,18,19). The molecule has 0 aliphatic rings. The number of nitro benzene ring substituents is 1. The first-order chi connectivity index (χ1) is 11.2. The fraction of sp³-hybridized carbons (Fsp3) is 0.125. The predicted molar refractivity (Wildman–Crippen MR) is 90.5 cm³/mol. The molecule has 0 amide bonds. The number of nitrogens with zero attached hydrogens (tertiary/aromatic N) is 3. The van der Waals surface area contributed by atoms with Crippen molar-refractivity contribution in [3.63, 3.8) is 0 Å². The van der Waals surface area contributed by atoms with E-state index >= 15 is 0 Å². The number of nitrogens with one attached hydrogen (secondary N) is 1. The zero-order valence-corrected chi connectivity index (χ0v) is 12.8. The van der Waals surface area contributed by atoms with Crippen molar-refractivity contribution in [2.75, 3.05) is 11.9 Å². The number of rotatable bonds is 4. The third-order valence-corrected chi connectivity index (χ3v) is 3.94. The SMILES string of the molecule is O=[N+]([O-])c1ccc(C#CCCNc2ncnc3sccc23)cc1. The van der Waals surface area contributed by atoms with Gasteiger partial charge in [-0.25, -0.2) is 9.97 Å². The lowest BCUT2D eigenvalue weighted by molar-refractivity contribution is -0.384. The number of hydrogen-bond donors (Lipinski definition) is 1. The highest BCUT2D eigenvalue weighted by molar-refractivity contribution is 7.16. The Balaban J connectivity index is 1.56. The molecule has 0 radical (unpaired) electrons. The van der Waals surface area contributed by atoms with Crippen LogP contribution in [-0.4, -0.2) is 21.4 Å². The van der Waals surface area contributed by atoms with Gasteiger partial charge in [-0.3, -0.25) is 10.1 Å². The number of hydrogen-bond acceptors (Lipinski definition) is 6. The van der Waals surface area contributed by atoms with Crippen LogP contribution in [-0.2, 0) is 0 Å². The van der Waals surface area contributed by atoms with Gasteiger partial charge in [-0.15, -0.1) is 11.3 Å². The molecule has 0 unspecified atom stereocenters. The Morgan fingerprint density at radius 2 is 2.04 bits per heavy atom. The number of fused-ring (bicyclic) bond motifs is 1. The molecular formula is C16H12N4O2S. The van der Waals surface area contributed by atoms with Gasteiger partial charge in [0, 0.05) is 30.7 Å². The van der Waals surface area contributed by atoms with E-state index in [-0.39, 0.29) is 5.69 Å². The topological polar surface area (TPSA) is 81.0 Å². The van der Waals surface area contributed by atoms with Crippen molar-refractivity contribution in [2.45, 2.75) is 6.42 Å². The van der Waals surface area contributed by atoms with Gasteiger partial charge in [-0.05, 0) is 23.6 Å². The number of thiophene rings is 1. The van der Waals surface area contributed by atoms with Crippen molar-refractivity contribution in [1.29, 1.82) is 0 Å². The fourth-order valence-corrected chi connectivity index (χ4v) is 2.74. The minimum absolute atomic E-state index is 0.0701. The average Bonchev–Trinajstić information content (AvgIpc) is 3.04. The number of aromatic nitrogens is 2. The van der Waals surface area contributed by atoms with E-state index in [9.17, 15) is 10.1 Å². The summed E-state index contributed by atoms with van der Waals surface area (Å²) in [6.45, 7) is 0.669. The van der Waals surface area contributed by atoms with E-state index in [1.165, 1.54) is 12.1 Å². The highest BCUT2D eigenvalue weighted by atomic mass is 32.1. The number of nitro groups is 1. The molecule has 0 aliphatic carbocycles. The van der Waals surface area contributed by atoms with Crippen LogP contribution in [0.5, 0.6) is 0 Å². The molecule has 23 heavy (non-hydrogen) atoms. The molecule has 2 aromatic heterocycles. The van der Waals surface area contributed by atoms with Crippen LogP contribution in [0.1, 0.15) is 12.0 Å². The molecular weight excluding hydrogens is 312 g/mol. The zero-order chi connectivity index (χ0) is 16.1. The monoisotopic (exact) mass is 324 g/mol. The molecule has 3 aromatic rings. The van der Waals surface area contributed by atoms with E-state index in [1.54, 1.807) is 29.8 Å². The second-order valence-electron chi connectivity index (χ2n) is 4.64. The Morgan fingerprint density at radius 3 is 2.83 bits per heavy atom. The molecule has 7 heteroatoms. The van der Waals surface area contributed by atoms with Crippen LogP contribution in [0.15, 0.2) is 42.0 Å². The molecule has 2 heterocycles. The maximum atomic E-state index is 10.6. The Morgan fingerprint density at radius 1 is 1.22 bits per heavy atom. The van der Waals surface area contributed by atoms with Gasteiger partial charge < -0.3 is 5.32 Å². The molecule has 0 fully saturated rings.